The zero-order chi connectivity index (χ0) is 16.8. The maximum absolute atomic E-state index is 10.8. The van der Waals surface area contributed by atoms with E-state index in [1.165, 1.54) is 11.1 Å². The minimum atomic E-state index is -4.09. The fourth-order valence-electron chi connectivity index (χ4n) is 1.92. The summed E-state index contributed by atoms with van der Waals surface area (Å²) in [5.41, 5.74) is 3.75. The van der Waals surface area contributed by atoms with Gasteiger partial charge in [0.15, 0.2) is 0 Å². The molecule has 0 atom stereocenters. The van der Waals surface area contributed by atoms with Gasteiger partial charge in [-0.2, -0.15) is 0 Å². The first-order chi connectivity index (χ1) is 10.2. The van der Waals surface area contributed by atoms with Crippen LogP contribution in [-0.4, -0.2) is 16.1 Å². The Morgan fingerprint density at radius 2 is 2.05 bits per heavy atom. The molecule has 0 radical (unpaired) electrons. The van der Waals surface area contributed by atoms with Gasteiger partial charge in [-0.15, -0.1) is 11.3 Å². The van der Waals surface area contributed by atoms with Crippen LogP contribution in [0.1, 0.15) is 48.9 Å². The molecule has 0 saturated heterocycles. The molecule has 0 unspecified atom stereocenters. The summed E-state index contributed by atoms with van der Waals surface area (Å²) in [6.45, 7) is 8.56. The van der Waals surface area contributed by atoms with E-state index >= 15 is 0 Å². The van der Waals surface area contributed by atoms with Crippen LogP contribution in [0, 0.1) is 6.92 Å². The highest BCUT2D eigenvalue weighted by molar-refractivity contribution is 7.51. The Labute approximate surface area is 136 Å². The van der Waals surface area contributed by atoms with Crippen molar-refractivity contribution >= 4 is 25.0 Å². The molecule has 22 heavy (non-hydrogen) atoms. The first-order valence-electron chi connectivity index (χ1n) is 7.19. The van der Waals surface area contributed by atoms with Crippen molar-refractivity contribution in [1.82, 2.24) is 0 Å². The number of hydrogen-bond acceptors (Lipinski definition) is 3. The number of rotatable bonds is 8. The first kappa shape index (κ1) is 19.3. The van der Waals surface area contributed by atoms with E-state index in [-0.39, 0.29) is 6.61 Å². The van der Waals surface area contributed by atoms with Crippen molar-refractivity contribution in [2.75, 3.05) is 6.35 Å². The summed E-state index contributed by atoms with van der Waals surface area (Å²) >= 11 is 1.61. The molecule has 1 rings (SSSR count). The van der Waals surface area contributed by atoms with Gasteiger partial charge in [0, 0.05) is 9.75 Å². The molecular weight excluding hydrogens is 319 g/mol. The van der Waals surface area contributed by atoms with Crippen LogP contribution in [-0.2, 0) is 15.9 Å². The minimum absolute atomic E-state index is 0.242. The van der Waals surface area contributed by atoms with E-state index in [2.05, 4.69) is 39.0 Å². The van der Waals surface area contributed by atoms with Gasteiger partial charge in [0.2, 0.25) is 0 Å². The van der Waals surface area contributed by atoms with Crippen LogP contribution in [0.25, 0.3) is 6.08 Å². The average molecular weight is 344 g/mol. The minimum Gasteiger partial charge on any atom is -0.363 e. The Kier molecular flexibility index (Phi) is 7.74. The lowest BCUT2D eigenvalue weighted by Gasteiger charge is -2.04. The topological polar surface area (TPSA) is 66.8 Å². The number of allylic oxidation sites excluding steroid dienone is 3. The second-order valence-electron chi connectivity index (χ2n) is 5.71. The van der Waals surface area contributed by atoms with E-state index in [0.717, 1.165) is 28.2 Å². The number of hydrogen-bond donors (Lipinski definition) is 2. The average Bonchev–Trinajstić information content (AvgIpc) is 2.67. The van der Waals surface area contributed by atoms with Crippen molar-refractivity contribution in [2.45, 2.75) is 47.1 Å². The van der Waals surface area contributed by atoms with Gasteiger partial charge in [-0.1, -0.05) is 17.2 Å². The highest BCUT2D eigenvalue weighted by atomic mass is 32.1. The van der Waals surface area contributed by atoms with Crippen molar-refractivity contribution in [1.29, 1.82) is 0 Å². The van der Waals surface area contributed by atoms with Crippen molar-refractivity contribution in [3.8, 4) is 0 Å². The van der Waals surface area contributed by atoms with Gasteiger partial charge in [-0.25, -0.2) is 0 Å². The maximum atomic E-state index is 10.8. The molecule has 0 bridgehead atoms. The molecule has 0 aliphatic rings. The lowest BCUT2D eigenvalue weighted by molar-refractivity contribution is 0.146. The number of ether oxygens (including phenoxy) is 1. The van der Waals surface area contributed by atoms with Crippen molar-refractivity contribution in [3.05, 3.63) is 38.6 Å². The van der Waals surface area contributed by atoms with Crippen LogP contribution < -0.4 is 0 Å². The summed E-state index contributed by atoms with van der Waals surface area (Å²) < 4.78 is 15.9. The summed E-state index contributed by atoms with van der Waals surface area (Å²) in [4.78, 5) is 19.7. The van der Waals surface area contributed by atoms with Crippen LogP contribution >= 0.6 is 18.9 Å². The maximum Gasteiger partial charge on any atom is 0.350 e. The first-order valence-corrected chi connectivity index (χ1v) is 9.81. The third-order valence-electron chi connectivity index (χ3n) is 3.01. The Bertz CT molecular complexity index is 591. The monoisotopic (exact) mass is 344 g/mol. The zero-order valence-corrected chi connectivity index (χ0v) is 15.3. The fourth-order valence-corrected chi connectivity index (χ4v) is 3.39. The molecule has 1 aromatic rings. The molecular formula is C16H25O4PS. The lowest BCUT2D eigenvalue weighted by Crippen LogP contribution is -1.95. The van der Waals surface area contributed by atoms with Crippen LogP contribution in [0.5, 0.6) is 0 Å². The predicted octanol–water partition coefficient (Wildman–Crippen LogP) is 4.86. The van der Waals surface area contributed by atoms with Crippen molar-refractivity contribution in [3.63, 3.8) is 0 Å². The highest BCUT2D eigenvalue weighted by Crippen LogP contribution is 2.35. The summed E-state index contributed by atoms with van der Waals surface area (Å²) in [6.07, 6.45) is 5.96. The molecule has 0 amide bonds. The standard InChI is InChI=1S/C16H25O4PS/c1-12(2)6-5-7-13(3)8-15-9-14(4)16(22-15)10-20-11-21(17,18)19/h6,8-9H,5,7,10-11H2,1-4H3,(H2,17,18,19)/b13-8+. The Hall–Kier alpha value is -0.710. The van der Waals surface area contributed by atoms with Gasteiger partial charge in [0.05, 0.1) is 6.61 Å². The summed E-state index contributed by atoms with van der Waals surface area (Å²) in [5, 5.41) is 0. The fraction of sp³-hybridized carbons (Fsp3) is 0.500. The normalized spacial score (nSPS) is 12.5. The van der Waals surface area contributed by atoms with Gasteiger partial charge in [-0.3, -0.25) is 4.57 Å². The van der Waals surface area contributed by atoms with E-state index in [4.69, 9.17) is 14.5 Å². The summed E-state index contributed by atoms with van der Waals surface area (Å²) in [5.74, 6) is 0. The lowest BCUT2D eigenvalue weighted by atomic mass is 10.1. The molecule has 2 N–H and O–H groups in total. The second kappa shape index (κ2) is 8.80. The van der Waals surface area contributed by atoms with Crippen molar-refractivity contribution < 1.29 is 19.1 Å². The number of aryl methyl sites for hydroxylation is 1. The zero-order valence-electron chi connectivity index (χ0n) is 13.6. The van der Waals surface area contributed by atoms with Crippen molar-refractivity contribution in [2.24, 2.45) is 0 Å². The smallest absolute Gasteiger partial charge is 0.350 e. The highest BCUT2D eigenvalue weighted by Gasteiger charge is 2.13. The van der Waals surface area contributed by atoms with Crippen LogP contribution in [0.2, 0.25) is 0 Å². The molecule has 0 aliphatic heterocycles. The second-order valence-corrected chi connectivity index (χ2v) is 8.46. The molecule has 1 aromatic heterocycles. The Morgan fingerprint density at radius 3 is 2.64 bits per heavy atom. The molecule has 1 heterocycles. The molecule has 0 spiro atoms. The van der Waals surface area contributed by atoms with E-state index in [0.29, 0.717) is 0 Å². The van der Waals surface area contributed by atoms with E-state index in [1.807, 2.05) is 6.92 Å². The molecule has 4 nitrogen and oxygen atoms in total. The van der Waals surface area contributed by atoms with Gasteiger partial charge < -0.3 is 14.5 Å². The molecule has 124 valence electrons. The molecule has 0 aromatic carbocycles. The predicted molar refractivity (Wildman–Crippen MR) is 93.1 cm³/mol. The summed E-state index contributed by atoms with van der Waals surface area (Å²) in [6, 6.07) is 2.09. The number of thiophene rings is 1. The molecule has 6 heteroatoms. The molecule has 0 aliphatic carbocycles. The molecule has 0 fully saturated rings. The van der Waals surface area contributed by atoms with Gasteiger partial charge in [0.25, 0.3) is 0 Å². The Morgan fingerprint density at radius 1 is 1.36 bits per heavy atom. The van der Waals surface area contributed by atoms with Gasteiger partial charge >= 0.3 is 7.60 Å². The van der Waals surface area contributed by atoms with E-state index in [9.17, 15) is 4.57 Å². The molecule has 0 saturated carbocycles. The van der Waals surface area contributed by atoms with E-state index in [1.54, 1.807) is 11.3 Å². The quantitative estimate of drug-likeness (QED) is 0.522. The van der Waals surface area contributed by atoms with Gasteiger partial charge in [-0.05, 0) is 58.2 Å². The van der Waals surface area contributed by atoms with Crippen LogP contribution in [0.15, 0.2) is 23.3 Å². The Balaban J connectivity index is 2.60. The third-order valence-corrected chi connectivity index (χ3v) is 4.69. The van der Waals surface area contributed by atoms with Crippen LogP contribution in [0.3, 0.4) is 0 Å². The van der Waals surface area contributed by atoms with Crippen LogP contribution in [0.4, 0.5) is 0 Å². The SMILES string of the molecule is CC(C)=CCC/C(C)=C/c1cc(C)c(COCP(=O)(O)O)s1. The third kappa shape index (κ3) is 8.06. The summed E-state index contributed by atoms with van der Waals surface area (Å²) in [7, 11) is -4.09. The van der Waals surface area contributed by atoms with Gasteiger partial charge in [0.1, 0.15) is 6.35 Å². The largest absolute Gasteiger partial charge is 0.363 e. The van der Waals surface area contributed by atoms with E-state index < -0.39 is 13.9 Å².